The van der Waals surface area contributed by atoms with Crippen molar-refractivity contribution in [3.63, 3.8) is 0 Å². The van der Waals surface area contributed by atoms with E-state index in [4.69, 9.17) is 5.73 Å². The second-order valence-corrected chi connectivity index (χ2v) is 6.04. The molecule has 3 aromatic rings. The van der Waals surface area contributed by atoms with Crippen LogP contribution in [-0.4, -0.2) is 25.7 Å². The number of benzene rings is 1. The number of nitrogens with zero attached hydrogens (tertiary/aromatic N) is 4. The van der Waals surface area contributed by atoms with Gasteiger partial charge in [-0.05, 0) is 37.0 Å². The molecule has 24 heavy (non-hydrogen) atoms. The molecule has 7 heteroatoms. The maximum atomic E-state index is 11.1. The van der Waals surface area contributed by atoms with E-state index in [1.54, 1.807) is 10.9 Å². The Balaban J connectivity index is 1.61. The molecule has 1 aliphatic rings. The number of fused-ring (bicyclic) bond motifs is 2. The minimum atomic E-state index is -0.389. The molecule has 1 unspecified atom stereocenters. The minimum absolute atomic E-state index is 0.0679. The van der Waals surface area contributed by atoms with Gasteiger partial charge < -0.3 is 11.1 Å². The number of nitrogens with two attached hydrogens (primary N) is 1. The molecule has 0 saturated heterocycles. The van der Waals surface area contributed by atoms with Crippen LogP contribution in [0.5, 0.6) is 0 Å². The number of aryl methyl sites for hydroxylation is 1. The molecule has 0 saturated carbocycles. The van der Waals surface area contributed by atoms with E-state index in [9.17, 15) is 4.79 Å². The monoisotopic (exact) mass is 322 g/mol. The van der Waals surface area contributed by atoms with E-state index in [1.165, 1.54) is 0 Å². The molecule has 4 rings (SSSR count). The summed E-state index contributed by atoms with van der Waals surface area (Å²) in [6, 6.07) is 7.85. The van der Waals surface area contributed by atoms with Crippen LogP contribution in [0.1, 0.15) is 30.1 Å². The predicted molar refractivity (Wildman–Crippen MR) is 90.3 cm³/mol. The predicted octanol–water partition coefficient (Wildman–Crippen LogP) is 1.80. The van der Waals surface area contributed by atoms with Gasteiger partial charge in [0.1, 0.15) is 12.4 Å². The van der Waals surface area contributed by atoms with E-state index in [2.05, 4.69) is 20.4 Å². The lowest BCUT2D eigenvalue weighted by Crippen LogP contribution is -2.20. The van der Waals surface area contributed by atoms with Crippen molar-refractivity contribution in [3.8, 4) is 0 Å². The Kier molecular flexibility index (Phi) is 3.60. The zero-order valence-electron chi connectivity index (χ0n) is 13.1. The van der Waals surface area contributed by atoms with Crippen LogP contribution in [-0.2, 0) is 17.8 Å². The van der Waals surface area contributed by atoms with Gasteiger partial charge in [-0.3, -0.25) is 14.5 Å². The van der Waals surface area contributed by atoms with Gasteiger partial charge in [-0.1, -0.05) is 12.1 Å². The van der Waals surface area contributed by atoms with Crippen molar-refractivity contribution < 1.29 is 4.79 Å². The Morgan fingerprint density at radius 2 is 2.17 bits per heavy atom. The Morgan fingerprint density at radius 1 is 1.33 bits per heavy atom. The number of carbonyl (C=O) groups is 1. The SMILES string of the molecule is NC(=O)Cn1cc2c(n1)C(Nc1cnc3ccccc3n1)CCC2. The number of anilines is 1. The summed E-state index contributed by atoms with van der Waals surface area (Å²) in [5.74, 6) is 0.343. The lowest BCUT2D eigenvalue weighted by molar-refractivity contribution is -0.118. The van der Waals surface area contributed by atoms with Crippen LogP contribution in [0.4, 0.5) is 5.82 Å². The van der Waals surface area contributed by atoms with Crippen molar-refractivity contribution in [1.29, 1.82) is 0 Å². The van der Waals surface area contributed by atoms with Crippen molar-refractivity contribution in [2.75, 3.05) is 5.32 Å². The smallest absolute Gasteiger partial charge is 0.239 e. The van der Waals surface area contributed by atoms with Gasteiger partial charge >= 0.3 is 0 Å². The molecule has 1 aliphatic carbocycles. The number of aromatic nitrogens is 4. The maximum absolute atomic E-state index is 11.1. The van der Waals surface area contributed by atoms with E-state index in [-0.39, 0.29) is 18.5 Å². The third-order valence-corrected chi connectivity index (χ3v) is 4.23. The van der Waals surface area contributed by atoms with Crippen LogP contribution < -0.4 is 11.1 Å². The summed E-state index contributed by atoms with van der Waals surface area (Å²) < 4.78 is 1.62. The first-order chi connectivity index (χ1) is 11.7. The third kappa shape index (κ3) is 2.80. The molecule has 0 spiro atoms. The Hall–Kier alpha value is -2.96. The van der Waals surface area contributed by atoms with Crippen LogP contribution in [0.2, 0.25) is 0 Å². The van der Waals surface area contributed by atoms with Gasteiger partial charge in [0, 0.05) is 6.20 Å². The molecule has 2 heterocycles. The fraction of sp³-hybridized carbons (Fsp3) is 0.294. The first kappa shape index (κ1) is 14.6. The summed E-state index contributed by atoms with van der Waals surface area (Å²) in [6.45, 7) is 0.107. The molecular formula is C17H18N6O. The Morgan fingerprint density at radius 3 is 3.00 bits per heavy atom. The van der Waals surface area contributed by atoms with Crippen molar-refractivity contribution >= 4 is 22.8 Å². The summed E-state index contributed by atoms with van der Waals surface area (Å²) in [6.07, 6.45) is 6.66. The van der Waals surface area contributed by atoms with E-state index in [0.717, 1.165) is 47.4 Å². The molecule has 7 nitrogen and oxygen atoms in total. The topological polar surface area (TPSA) is 98.7 Å². The summed E-state index contributed by atoms with van der Waals surface area (Å²) >= 11 is 0. The molecule has 1 atom stereocenters. The normalized spacial score (nSPS) is 16.8. The van der Waals surface area contributed by atoms with Crippen molar-refractivity contribution in [2.24, 2.45) is 5.73 Å². The number of nitrogens with one attached hydrogen (secondary N) is 1. The standard InChI is InChI=1S/C17H18N6O/c18-15(24)10-23-9-11-4-3-7-14(17(11)22-23)21-16-8-19-12-5-1-2-6-13(12)20-16/h1-2,5-6,8-9,14H,3-4,7,10H2,(H2,18,24)(H,20,21). The fourth-order valence-corrected chi connectivity index (χ4v) is 3.18. The summed E-state index contributed by atoms with van der Waals surface area (Å²) in [7, 11) is 0. The van der Waals surface area contributed by atoms with Gasteiger partial charge in [0.15, 0.2) is 0 Å². The molecule has 2 aromatic heterocycles. The lowest BCUT2D eigenvalue weighted by atomic mass is 9.94. The molecule has 122 valence electrons. The van der Waals surface area contributed by atoms with Crippen LogP contribution in [0, 0.1) is 0 Å². The Labute approximate surface area is 138 Å². The minimum Gasteiger partial charge on any atom is -0.368 e. The van der Waals surface area contributed by atoms with Crippen LogP contribution in [0.3, 0.4) is 0 Å². The van der Waals surface area contributed by atoms with Gasteiger partial charge in [-0.15, -0.1) is 0 Å². The van der Waals surface area contributed by atoms with Crippen LogP contribution in [0.15, 0.2) is 36.7 Å². The highest BCUT2D eigenvalue weighted by Crippen LogP contribution is 2.31. The van der Waals surface area contributed by atoms with Gasteiger partial charge in [-0.2, -0.15) is 5.10 Å². The zero-order chi connectivity index (χ0) is 16.5. The van der Waals surface area contributed by atoms with Crippen LogP contribution in [0.25, 0.3) is 11.0 Å². The summed E-state index contributed by atoms with van der Waals surface area (Å²) in [5.41, 5.74) is 9.12. The molecule has 0 radical (unpaired) electrons. The van der Waals surface area contributed by atoms with Crippen molar-refractivity contribution in [1.82, 2.24) is 19.7 Å². The van der Waals surface area contributed by atoms with E-state index < -0.39 is 0 Å². The number of amides is 1. The largest absolute Gasteiger partial charge is 0.368 e. The number of primary amides is 1. The average Bonchev–Trinajstić information content (AvgIpc) is 2.97. The van der Waals surface area contributed by atoms with Gasteiger partial charge in [0.25, 0.3) is 0 Å². The molecule has 1 aromatic carbocycles. The number of hydrogen-bond acceptors (Lipinski definition) is 5. The molecule has 3 N–H and O–H groups in total. The number of para-hydroxylation sites is 2. The highest BCUT2D eigenvalue weighted by molar-refractivity contribution is 5.75. The van der Waals surface area contributed by atoms with E-state index in [0.29, 0.717) is 0 Å². The maximum Gasteiger partial charge on any atom is 0.239 e. The molecule has 1 amide bonds. The van der Waals surface area contributed by atoms with Gasteiger partial charge in [0.05, 0.1) is 29.0 Å². The second kappa shape index (κ2) is 5.92. The first-order valence-corrected chi connectivity index (χ1v) is 8.02. The number of carbonyl (C=O) groups excluding carboxylic acids is 1. The molecular weight excluding hydrogens is 304 g/mol. The molecule has 0 fully saturated rings. The Bertz CT molecular complexity index is 903. The van der Waals surface area contributed by atoms with Gasteiger partial charge in [-0.25, -0.2) is 4.98 Å². The number of rotatable bonds is 4. The fourth-order valence-electron chi connectivity index (χ4n) is 3.18. The molecule has 0 bridgehead atoms. The average molecular weight is 322 g/mol. The lowest BCUT2D eigenvalue weighted by Gasteiger charge is -2.22. The second-order valence-electron chi connectivity index (χ2n) is 6.04. The van der Waals surface area contributed by atoms with E-state index in [1.807, 2.05) is 30.5 Å². The van der Waals surface area contributed by atoms with Crippen molar-refractivity contribution in [3.05, 3.63) is 47.9 Å². The van der Waals surface area contributed by atoms with Crippen LogP contribution >= 0.6 is 0 Å². The quantitative estimate of drug-likeness (QED) is 0.763. The highest BCUT2D eigenvalue weighted by atomic mass is 16.1. The highest BCUT2D eigenvalue weighted by Gasteiger charge is 2.24. The third-order valence-electron chi connectivity index (χ3n) is 4.23. The molecule has 0 aliphatic heterocycles. The summed E-state index contributed by atoms with van der Waals surface area (Å²) in [5, 5.41) is 7.97. The summed E-state index contributed by atoms with van der Waals surface area (Å²) in [4.78, 5) is 20.2. The first-order valence-electron chi connectivity index (χ1n) is 8.02. The number of hydrogen-bond donors (Lipinski definition) is 2. The van der Waals surface area contributed by atoms with Gasteiger partial charge in [0.2, 0.25) is 5.91 Å². The van der Waals surface area contributed by atoms with Crippen molar-refractivity contribution in [2.45, 2.75) is 31.8 Å². The van der Waals surface area contributed by atoms with E-state index >= 15 is 0 Å². The zero-order valence-corrected chi connectivity index (χ0v) is 13.1.